The Morgan fingerprint density at radius 1 is 1.18 bits per heavy atom. The zero-order valence-corrected chi connectivity index (χ0v) is 11.6. The van der Waals surface area contributed by atoms with Gasteiger partial charge in [-0.05, 0) is 45.7 Å². The maximum Gasteiger partial charge on any atom is 0.0235 e. The van der Waals surface area contributed by atoms with E-state index in [0.717, 1.165) is 12.1 Å². The zero-order chi connectivity index (χ0) is 12.3. The highest BCUT2D eigenvalue weighted by Crippen LogP contribution is 2.22. The molecule has 3 heteroatoms. The third kappa shape index (κ3) is 3.43. The third-order valence-electron chi connectivity index (χ3n) is 4.62. The van der Waals surface area contributed by atoms with Crippen molar-refractivity contribution < 1.29 is 0 Å². The Labute approximate surface area is 106 Å². The summed E-state index contributed by atoms with van der Waals surface area (Å²) in [5.74, 6) is 0. The number of nitrogens with zero attached hydrogens (tertiary/aromatic N) is 2. The predicted molar refractivity (Wildman–Crippen MR) is 73.1 cm³/mol. The standard InChI is InChI=1S/C14H29N3/c1-3-4-12(2)17-10-7-14(11-17)16-8-5-13(15)6-9-16/h12-14H,3-11,15H2,1-2H3. The lowest BCUT2D eigenvalue weighted by Gasteiger charge is -2.35. The van der Waals surface area contributed by atoms with Gasteiger partial charge in [-0.2, -0.15) is 0 Å². The molecule has 0 aliphatic carbocycles. The van der Waals surface area contributed by atoms with Crippen molar-refractivity contribution >= 4 is 0 Å². The van der Waals surface area contributed by atoms with E-state index in [1.54, 1.807) is 0 Å². The summed E-state index contributed by atoms with van der Waals surface area (Å²) in [6, 6.07) is 2.04. The van der Waals surface area contributed by atoms with Crippen LogP contribution < -0.4 is 5.73 Å². The molecule has 2 rings (SSSR count). The number of likely N-dealkylation sites (tertiary alicyclic amines) is 2. The average molecular weight is 239 g/mol. The second-order valence-corrected chi connectivity index (χ2v) is 5.95. The summed E-state index contributed by atoms with van der Waals surface area (Å²) in [6.07, 6.45) is 6.41. The summed E-state index contributed by atoms with van der Waals surface area (Å²) in [5.41, 5.74) is 5.97. The molecule has 0 aromatic carbocycles. The first kappa shape index (κ1) is 13.3. The fourth-order valence-electron chi connectivity index (χ4n) is 3.35. The van der Waals surface area contributed by atoms with Crippen molar-refractivity contribution in [1.82, 2.24) is 9.80 Å². The number of hydrogen-bond acceptors (Lipinski definition) is 3. The maximum atomic E-state index is 5.97. The molecule has 2 N–H and O–H groups in total. The van der Waals surface area contributed by atoms with Crippen molar-refractivity contribution in [1.29, 1.82) is 0 Å². The molecule has 2 fully saturated rings. The van der Waals surface area contributed by atoms with Gasteiger partial charge in [-0.1, -0.05) is 13.3 Å². The summed E-state index contributed by atoms with van der Waals surface area (Å²) < 4.78 is 0. The van der Waals surface area contributed by atoms with Gasteiger partial charge in [0.05, 0.1) is 0 Å². The minimum atomic E-state index is 0.461. The van der Waals surface area contributed by atoms with E-state index in [-0.39, 0.29) is 0 Å². The van der Waals surface area contributed by atoms with Crippen LogP contribution in [0.5, 0.6) is 0 Å². The van der Waals surface area contributed by atoms with Crippen molar-refractivity contribution in [3.05, 3.63) is 0 Å². The lowest BCUT2D eigenvalue weighted by molar-refractivity contribution is 0.144. The highest BCUT2D eigenvalue weighted by molar-refractivity contribution is 4.88. The van der Waals surface area contributed by atoms with Crippen molar-refractivity contribution in [2.24, 2.45) is 5.73 Å². The summed E-state index contributed by atoms with van der Waals surface area (Å²) in [5, 5.41) is 0. The second kappa shape index (κ2) is 6.17. The molecule has 17 heavy (non-hydrogen) atoms. The highest BCUT2D eigenvalue weighted by Gasteiger charge is 2.31. The molecule has 0 bridgehead atoms. The molecular formula is C14H29N3. The number of nitrogens with two attached hydrogens (primary N) is 1. The van der Waals surface area contributed by atoms with Crippen LogP contribution in [0, 0.1) is 0 Å². The normalized spacial score (nSPS) is 30.9. The monoisotopic (exact) mass is 239 g/mol. The summed E-state index contributed by atoms with van der Waals surface area (Å²) in [4.78, 5) is 5.37. The first-order chi connectivity index (χ1) is 8.20. The number of rotatable bonds is 4. The average Bonchev–Trinajstić information content (AvgIpc) is 2.80. The molecular weight excluding hydrogens is 210 g/mol. The zero-order valence-electron chi connectivity index (χ0n) is 11.6. The van der Waals surface area contributed by atoms with Crippen LogP contribution in [0.4, 0.5) is 0 Å². The molecule has 2 aliphatic rings. The molecule has 0 aromatic rings. The molecule has 2 atom stereocenters. The minimum Gasteiger partial charge on any atom is -0.328 e. The Bertz CT molecular complexity index is 224. The molecule has 0 amide bonds. The minimum absolute atomic E-state index is 0.461. The van der Waals surface area contributed by atoms with Crippen LogP contribution in [0.1, 0.15) is 46.0 Å². The molecule has 100 valence electrons. The van der Waals surface area contributed by atoms with E-state index < -0.39 is 0 Å². The summed E-state index contributed by atoms with van der Waals surface area (Å²) >= 11 is 0. The predicted octanol–water partition coefficient (Wildman–Crippen LogP) is 1.67. The van der Waals surface area contributed by atoms with Crippen LogP contribution in [-0.4, -0.2) is 54.1 Å². The van der Waals surface area contributed by atoms with Gasteiger partial charge in [0.1, 0.15) is 0 Å². The Morgan fingerprint density at radius 2 is 1.88 bits per heavy atom. The van der Waals surface area contributed by atoms with Gasteiger partial charge >= 0.3 is 0 Å². The Kier molecular flexibility index (Phi) is 4.83. The van der Waals surface area contributed by atoms with Crippen LogP contribution in [-0.2, 0) is 0 Å². The molecule has 2 aliphatic heterocycles. The summed E-state index contributed by atoms with van der Waals surface area (Å²) in [6.45, 7) is 9.71. The maximum absolute atomic E-state index is 5.97. The summed E-state index contributed by atoms with van der Waals surface area (Å²) in [7, 11) is 0. The lowest BCUT2D eigenvalue weighted by Crippen LogP contribution is -2.46. The molecule has 2 heterocycles. The van der Waals surface area contributed by atoms with E-state index >= 15 is 0 Å². The molecule has 0 saturated carbocycles. The molecule has 0 radical (unpaired) electrons. The van der Waals surface area contributed by atoms with Gasteiger partial charge in [-0.15, -0.1) is 0 Å². The second-order valence-electron chi connectivity index (χ2n) is 5.95. The van der Waals surface area contributed by atoms with Crippen molar-refractivity contribution in [2.45, 2.75) is 64.1 Å². The van der Waals surface area contributed by atoms with Gasteiger partial charge in [0.25, 0.3) is 0 Å². The van der Waals surface area contributed by atoms with E-state index in [2.05, 4.69) is 23.6 Å². The van der Waals surface area contributed by atoms with E-state index in [9.17, 15) is 0 Å². The fraction of sp³-hybridized carbons (Fsp3) is 1.00. The van der Waals surface area contributed by atoms with Gasteiger partial charge in [0, 0.05) is 31.2 Å². The van der Waals surface area contributed by atoms with Crippen LogP contribution >= 0.6 is 0 Å². The molecule has 3 nitrogen and oxygen atoms in total. The van der Waals surface area contributed by atoms with Crippen LogP contribution in [0.3, 0.4) is 0 Å². The Morgan fingerprint density at radius 3 is 2.53 bits per heavy atom. The van der Waals surface area contributed by atoms with Crippen LogP contribution in [0.2, 0.25) is 0 Å². The lowest BCUT2D eigenvalue weighted by atomic mass is 10.0. The molecule has 0 aromatic heterocycles. The van der Waals surface area contributed by atoms with Gasteiger partial charge < -0.3 is 5.73 Å². The van der Waals surface area contributed by atoms with E-state index in [0.29, 0.717) is 6.04 Å². The highest BCUT2D eigenvalue weighted by atomic mass is 15.3. The first-order valence-electron chi connectivity index (χ1n) is 7.44. The number of piperidine rings is 1. The topological polar surface area (TPSA) is 32.5 Å². The van der Waals surface area contributed by atoms with Gasteiger partial charge in [-0.3, -0.25) is 9.80 Å². The van der Waals surface area contributed by atoms with Crippen molar-refractivity contribution in [3.8, 4) is 0 Å². The smallest absolute Gasteiger partial charge is 0.0235 e. The SMILES string of the molecule is CCCC(C)N1CCC(N2CCC(N)CC2)C1. The third-order valence-corrected chi connectivity index (χ3v) is 4.62. The van der Waals surface area contributed by atoms with Gasteiger partial charge in [0.15, 0.2) is 0 Å². The quantitative estimate of drug-likeness (QED) is 0.810. The fourth-order valence-corrected chi connectivity index (χ4v) is 3.35. The van der Waals surface area contributed by atoms with Crippen LogP contribution in [0.15, 0.2) is 0 Å². The first-order valence-corrected chi connectivity index (χ1v) is 7.44. The number of hydrogen-bond donors (Lipinski definition) is 1. The Hall–Kier alpha value is -0.120. The van der Waals surface area contributed by atoms with Crippen molar-refractivity contribution in [3.63, 3.8) is 0 Å². The largest absolute Gasteiger partial charge is 0.328 e. The van der Waals surface area contributed by atoms with Gasteiger partial charge in [-0.25, -0.2) is 0 Å². The van der Waals surface area contributed by atoms with E-state index in [1.165, 1.54) is 58.3 Å². The van der Waals surface area contributed by atoms with E-state index in [1.807, 2.05) is 0 Å². The van der Waals surface area contributed by atoms with Crippen LogP contribution in [0.25, 0.3) is 0 Å². The van der Waals surface area contributed by atoms with E-state index in [4.69, 9.17) is 5.73 Å². The van der Waals surface area contributed by atoms with Gasteiger partial charge in [0.2, 0.25) is 0 Å². The Balaban J connectivity index is 1.77. The molecule has 0 spiro atoms. The molecule has 2 unspecified atom stereocenters. The van der Waals surface area contributed by atoms with Crippen molar-refractivity contribution in [2.75, 3.05) is 26.2 Å². The molecule has 2 saturated heterocycles.